The van der Waals surface area contributed by atoms with E-state index in [-0.39, 0.29) is 35.1 Å². The molecule has 2 saturated carbocycles. The van der Waals surface area contributed by atoms with Crippen LogP contribution in [-0.4, -0.2) is 70.9 Å². The van der Waals surface area contributed by atoms with Crippen LogP contribution < -0.4 is 10.9 Å². The lowest BCUT2D eigenvalue weighted by molar-refractivity contribution is -0.116. The van der Waals surface area contributed by atoms with Crippen molar-refractivity contribution < 1.29 is 9.59 Å². The van der Waals surface area contributed by atoms with Crippen LogP contribution >= 0.6 is 0 Å². The smallest absolute Gasteiger partial charge is 0.321 e. The molecule has 192 valence electrons. The molecule has 0 bridgehead atoms. The third kappa shape index (κ3) is 4.54. The maximum absolute atomic E-state index is 13.7. The third-order valence-corrected chi connectivity index (χ3v) is 8.80. The number of nitrogens with zero attached hydrogens (tertiary/aromatic N) is 3. The Kier molecular flexibility index (Phi) is 6.64. The Morgan fingerprint density at radius 3 is 2.36 bits per heavy atom. The molecule has 0 unspecified atom stereocenters. The van der Waals surface area contributed by atoms with Crippen LogP contribution in [0.2, 0.25) is 0 Å². The van der Waals surface area contributed by atoms with E-state index in [4.69, 9.17) is 0 Å². The van der Waals surface area contributed by atoms with Gasteiger partial charge in [-0.25, -0.2) is 4.79 Å². The third-order valence-electron chi connectivity index (χ3n) is 8.80. The highest BCUT2D eigenvalue weighted by Gasteiger charge is 2.55. The molecule has 1 aromatic heterocycles. The van der Waals surface area contributed by atoms with Gasteiger partial charge in [0.1, 0.15) is 6.54 Å². The summed E-state index contributed by atoms with van der Waals surface area (Å²) in [6.07, 6.45) is 8.83. The molecule has 1 aromatic carbocycles. The highest BCUT2D eigenvalue weighted by Crippen LogP contribution is 2.49. The predicted octanol–water partition coefficient (Wildman–Crippen LogP) is 3.62. The number of amides is 3. The number of carbonyl (C=O) groups is 2. The summed E-state index contributed by atoms with van der Waals surface area (Å²) in [4.78, 5) is 46.5. The Morgan fingerprint density at radius 2 is 1.78 bits per heavy atom. The van der Waals surface area contributed by atoms with Crippen molar-refractivity contribution in [3.05, 3.63) is 64.6 Å². The Bertz CT molecular complexity index is 1130. The topological polar surface area (TPSA) is 88.7 Å². The zero-order valence-electron chi connectivity index (χ0n) is 21.3. The van der Waals surface area contributed by atoms with Gasteiger partial charge in [0.25, 0.3) is 0 Å². The van der Waals surface area contributed by atoms with Gasteiger partial charge in [-0.1, -0.05) is 36.8 Å². The Balaban J connectivity index is 1.34. The van der Waals surface area contributed by atoms with Gasteiger partial charge in [-0.15, -0.1) is 0 Å². The van der Waals surface area contributed by atoms with E-state index in [0.717, 1.165) is 32.2 Å². The number of anilines is 1. The maximum atomic E-state index is 13.7. The fourth-order valence-electron chi connectivity index (χ4n) is 6.37. The lowest BCUT2D eigenvalue weighted by Crippen LogP contribution is -2.56. The average molecular weight is 492 g/mol. The number of aromatic nitrogens is 1. The summed E-state index contributed by atoms with van der Waals surface area (Å²) in [7, 11) is 4.31. The number of nitrogens with one attached hydrogen (secondary N) is 2. The van der Waals surface area contributed by atoms with E-state index in [1.165, 1.54) is 37.1 Å². The number of hydrogen-bond acceptors (Lipinski definition) is 4. The van der Waals surface area contributed by atoms with Gasteiger partial charge >= 0.3 is 6.03 Å². The molecule has 1 saturated heterocycles. The van der Waals surface area contributed by atoms with Crippen molar-refractivity contribution in [2.24, 2.45) is 5.92 Å². The maximum Gasteiger partial charge on any atom is 0.321 e. The molecule has 3 fully saturated rings. The Morgan fingerprint density at radius 1 is 1.06 bits per heavy atom. The van der Waals surface area contributed by atoms with Crippen molar-refractivity contribution in [2.45, 2.75) is 56.0 Å². The van der Waals surface area contributed by atoms with Crippen LogP contribution in [0.25, 0.3) is 0 Å². The number of benzene rings is 1. The summed E-state index contributed by atoms with van der Waals surface area (Å²) in [6, 6.07) is 13.6. The molecule has 8 heteroatoms. The number of H-pyrrole nitrogens is 1. The molecular formula is C28H37N5O3. The Labute approximate surface area is 212 Å². The van der Waals surface area contributed by atoms with Gasteiger partial charge in [0.05, 0.1) is 11.2 Å². The van der Waals surface area contributed by atoms with Gasteiger partial charge in [-0.3, -0.25) is 14.5 Å². The van der Waals surface area contributed by atoms with E-state index < -0.39 is 0 Å². The second-order valence-electron chi connectivity index (χ2n) is 11.1. The number of aromatic amines is 1. The van der Waals surface area contributed by atoms with Crippen LogP contribution in [0.15, 0.2) is 53.5 Å². The zero-order chi connectivity index (χ0) is 25.3. The molecule has 1 aliphatic heterocycles. The quantitative estimate of drug-likeness (QED) is 0.619. The van der Waals surface area contributed by atoms with E-state index in [2.05, 4.69) is 64.5 Å². The van der Waals surface area contributed by atoms with E-state index in [9.17, 15) is 14.4 Å². The van der Waals surface area contributed by atoms with Crippen LogP contribution in [0, 0.1) is 5.92 Å². The SMILES string of the molecule is CN(C)C1(c2ccccc2)CCC2(CC1)CN(CC(=O)Nc1ccc(=O)[nH]c1)C(=O)N2CC1CCC1. The monoisotopic (exact) mass is 491 g/mol. The fourth-order valence-corrected chi connectivity index (χ4v) is 6.37. The van der Waals surface area contributed by atoms with Gasteiger partial charge in [0.2, 0.25) is 11.5 Å². The molecule has 2 N–H and O–H groups in total. The van der Waals surface area contributed by atoms with Gasteiger partial charge in [0, 0.05) is 30.9 Å². The number of urea groups is 1. The van der Waals surface area contributed by atoms with Crippen LogP contribution in [-0.2, 0) is 10.3 Å². The molecule has 2 aromatic rings. The molecule has 3 amide bonds. The van der Waals surface area contributed by atoms with Crippen LogP contribution in [0.5, 0.6) is 0 Å². The summed E-state index contributed by atoms with van der Waals surface area (Å²) < 4.78 is 0. The summed E-state index contributed by atoms with van der Waals surface area (Å²) in [5.41, 5.74) is 1.34. The minimum atomic E-state index is -0.251. The second-order valence-corrected chi connectivity index (χ2v) is 11.1. The van der Waals surface area contributed by atoms with Gasteiger partial charge < -0.3 is 20.1 Å². The molecule has 0 radical (unpaired) electrons. The summed E-state index contributed by atoms with van der Waals surface area (Å²) in [5.74, 6) is 0.314. The summed E-state index contributed by atoms with van der Waals surface area (Å²) >= 11 is 0. The molecule has 1 spiro atoms. The molecule has 3 aliphatic rings. The van der Waals surface area contributed by atoms with E-state index in [1.807, 2.05) is 0 Å². The van der Waals surface area contributed by atoms with Crippen LogP contribution in [0.3, 0.4) is 0 Å². The highest BCUT2D eigenvalue weighted by atomic mass is 16.2. The Hall–Kier alpha value is -3.13. The highest BCUT2D eigenvalue weighted by molar-refractivity contribution is 5.94. The minimum Gasteiger partial charge on any atom is -0.327 e. The molecule has 36 heavy (non-hydrogen) atoms. The van der Waals surface area contributed by atoms with Crippen molar-refractivity contribution in [1.82, 2.24) is 19.7 Å². The van der Waals surface area contributed by atoms with Gasteiger partial charge in [-0.2, -0.15) is 0 Å². The number of hydrogen-bond donors (Lipinski definition) is 2. The number of rotatable bonds is 7. The molecule has 8 nitrogen and oxygen atoms in total. The fraction of sp³-hybridized carbons (Fsp3) is 0.536. The normalized spacial score (nSPS) is 26.5. The van der Waals surface area contributed by atoms with Crippen LogP contribution in [0.1, 0.15) is 50.5 Å². The molecule has 2 aliphatic carbocycles. The summed E-state index contributed by atoms with van der Waals surface area (Å²) in [6.45, 7) is 1.38. The molecular weight excluding hydrogens is 454 g/mol. The van der Waals surface area contributed by atoms with Crippen molar-refractivity contribution in [3.63, 3.8) is 0 Å². The molecule has 2 heterocycles. The lowest BCUT2D eigenvalue weighted by atomic mass is 9.68. The number of pyridine rings is 1. The molecule has 5 rings (SSSR count). The second kappa shape index (κ2) is 9.73. The average Bonchev–Trinajstić information content (AvgIpc) is 3.08. The van der Waals surface area contributed by atoms with Gasteiger partial charge in [0.15, 0.2) is 0 Å². The first kappa shape index (κ1) is 24.6. The van der Waals surface area contributed by atoms with Crippen molar-refractivity contribution in [1.29, 1.82) is 0 Å². The largest absolute Gasteiger partial charge is 0.327 e. The molecule has 0 atom stereocenters. The van der Waals surface area contributed by atoms with E-state index in [1.54, 1.807) is 11.0 Å². The standard InChI is InChI=1S/C28H37N5O3/c1-31(2)28(22-9-4-3-5-10-22)15-13-27(14-16-28)20-32(26(36)33(27)18-21-7-6-8-21)19-25(35)30-23-11-12-24(34)29-17-23/h3-5,9-12,17,21H,6-8,13-16,18-20H2,1-2H3,(H,29,34)(H,30,35). The minimum absolute atomic E-state index is 0.0123. The van der Waals surface area contributed by atoms with Crippen molar-refractivity contribution in [2.75, 3.05) is 39.0 Å². The van der Waals surface area contributed by atoms with E-state index >= 15 is 0 Å². The van der Waals surface area contributed by atoms with Gasteiger partial charge in [-0.05, 0) is 70.2 Å². The summed E-state index contributed by atoms with van der Waals surface area (Å²) in [5, 5.41) is 2.81. The van der Waals surface area contributed by atoms with Crippen molar-refractivity contribution >= 4 is 17.6 Å². The van der Waals surface area contributed by atoms with E-state index in [0.29, 0.717) is 18.2 Å². The first-order valence-corrected chi connectivity index (χ1v) is 13.1. The lowest BCUT2D eigenvalue weighted by Gasteiger charge is -2.51. The van der Waals surface area contributed by atoms with Crippen molar-refractivity contribution in [3.8, 4) is 0 Å². The first-order valence-electron chi connectivity index (χ1n) is 13.1. The van der Waals surface area contributed by atoms with Crippen LogP contribution in [0.4, 0.5) is 10.5 Å². The predicted molar refractivity (Wildman–Crippen MR) is 140 cm³/mol. The zero-order valence-corrected chi connectivity index (χ0v) is 21.3. The number of carbonyl (C=O) groups excluding carboxylic acids is 2. The first-order chi connectivity index (χ1) is 17.3.